The van der Waals surface area contributed by atoms with Crippen molar-refractivity contribution in [2.24, 2.45) is 0 Å². The molecule has 1 aliphatic heterocycles. The van der Waals surface area contributed by atoms with Crippen LogP contribution in [0.15, 0.2) is 53.5 Å². The van der Waals surface area contributed by atoms with Crippen LogP contribution in [0.1, 0.15) is 30.4 Å². The molecule has 132 valence electrons. The first-order valence-electron chi connectivity index (χ1n) is 8.94. The second kappa shape index (κ2) is 8.62. The molecule has 0 radical (unpaired) electrons. The molecule has 1 aliphatic rings. The number of pyridine rings is 1. The first kappa shape index (κ1) is 17.4. The highest BCUT2D eigenvalue weighted by Gasteiger charge is 2.13. The van der Waals surface area contributed by atoms with Gasteiger partial charge >= 0.3 is 0 Å². The van der Waals surface area contributed by atoms with Gasteiger partial charge in [0.15, 0.2) is 0 Å². The molecule has 0 spiro atoms. The molecule has 0 atom stereocenters. The SMILES string of the molecule is O=C(Cn1ccccc1=O)NCc1ccccc1CN1CCCCC1. The Morgan fingerprint density at radius 1 is 0.960 bits per heavy atom. The van der Waals surface area contributed by atoms with E-state index < -0.39 is 0 Å². The third-order valence-corrected chi connectivity index (χ3v) is 4.65. The first-order valence-corrected chi connectivity index (χ1v) is 8.94. The maximum absolute atomic E-state index is 12.2. The molecule has 2 aromatic rings. The van der Waals surface area contributed by atoms with Crippen LogP contribution >= 0.6 is 0 Å². The summed E-state index contributed by atoms with van der Waals surface area (Å²) in [5.74, 6) is -0.152. The number of carbonyl (C=O) groups is 1. The Hall–Kier alpha value is -2.40. The predicted molar refractivity (Wildman–Crippen MR) is 98.1 cm³/mol. The molecule has 3 rings (SSSR count). The fraction of sp³-hybridized carbons (Fsp3) is 0.400. The number of piperidine rings is 1. The zero-order valence-corrected chi connectivity index (χ0v) is 14.5. The van der Waals surface area contributed by atoms with Gasteiger partial charge < -0.3 is 9.88 Å². The number of rotatable bonds is 6. The van der Waals surface area contributed by atoms with Crippen molar-refractivity contribution in [3.05, 3.63) is 70.1 Å². The van der Waals surface area contributed by atoms with Crippen molar-refractivity contribution in [1.29, 1.82) is 0 Å². The third-order valence-electron chi connectivity index (χ3n) is 4.65. The van der Waals surface area contributed by atoms with Crippen LogP contribution in [-0.2, 0) is 24.4 Å². The lowest BCUT2D eigenvalue weighted by Crippen LogP contribution is -2.32. The summed E-state index contributed by atoms with van der Waals surface area (Å²) in [6.07, 6.45) is 5.49. The highest BCUT2D eigenvalue weighted by molar-refractivity contribution is 5.75. The lowest BCUT2D eigenvalue weighted by atomic mass is 10.0. The van der Waals surface area contributed by atoms with Crippen molar-refractivity contribution in [3.63, 3.8) is 0 Å². The third kappa shape index (κ3) is 5.03. The molecule has 5 nitrogen and oxygen atoms in total. The summed E-state index contributed by atoms with van der Waals surface area (Å²) >= 11 is 0. The first-order chi connectivity index (χ1) is 12.2. The van der Waals surface area contributed by atoms with Gasteiger partial charge in [-0.25, -0.2) is 0 Å². The van der Waals surface area contributed by atoms with Crippen molar-refractivity contribution in [3.8, 4) is 0 Å². The minimum Gasteiger partial charge on any atom is -0.350 e. The number of amides is 1. The number of nitrogens with zero attached hydrogens (tertiary/aromatic N) is 2. The molecule has 1 aromatic carbocycles. The standard InChI is InChI=1S/C20H25N3O2/c24-19(16-23-13-7-4-10-20(23)25)21-14-17-8-2-3-9-18(17)15-22-11-5-1-6-12-22/h2-4,7-10,13H,1,5-6,11-12,14-16H2,(H,21,24). The highest BCUT2D eigenvalue weighted by Crippen LogP contribution is 2.16. The van der Waals surface area contributed by atoms with E-state index in [9.17, 15) is 9.59 Å². The maximum Gasteiger partial charge on any atom is 0.250 e. The molecule has 1 N–H and O–H groups in total. The maximum atomic E-state index is 12.2. The van der Waals surface area contributed by atoms with E-state index in [0.29, 0.717) is 6.54 Å². The zero-order valence-electron chi connectivity index (χ0n) is 14.5. The summed E-state index contributed by atoms with van der Waals surface area (Å²) in [6.45, 7) is 3.78. The molecule has 1 aromatic heterocycles. The minimum absolute atomic E-state index is 0.0496. The number of hydrogen-bond acceptors (Lipinski definition) is 3. The summed E-state index contributed by atoms with van der Waals surface area (Å²) in [4.78, 5) is 26.3. The van der Waals surface area contributed by atoms with Gasteiger partial charge in [0, 0.05) is 25.4 Å². The topological polar surface area (TPSA) is 54.3 Å². The second-order valence-electron chi connectivity index (χ2n) is 6.55. The van der Waals surface area contributed by atoms with E-state index in [1.54, 1.807) is 18.3 Å². The van der Waals surface area contributed by atoms with Gasteiger partial charge in [0.05, 0.1) is 0 Å². The quantitative estimate of drug-likeness (QED) is 0.877. The number of aromatic nitrogens is 1. The van der Waals surface area contributed by atoms with Crippen molar-refractivity contribution in [1.82, 2.24) is 14.8 Å². The largest absolute Gasteiger partial charge is 0.350 e. The average Bonchev–Trinajstić information content (AvgIpc) is 2.64. The Balaban J connectivity index is 1.58. The van der Waals surface area contributed by atoms with Gasteiger partial charge in [0.25, 0.3) is 5.56 Å². The molecular weight excluding hydrogens is 314 g/mol. The van der Waals surface area contributed by atoms with Crippen LogP contribution < -0.4 is 10.9 Å². The predicted octanol–water partition coefficient (Wildman–Crippen LogP) is 2.15. The monoisotopic (exact) mass is 339 g/mol. The van der Waals surface area contributed by atoms with Gasteiger partial charge in [-0.05, 0) is 43.1 Å². The Kier molecular flexibility index (Phi) is 6.01. The lowest BCUT2D eigenvalue weighted by Gasteiger charge is -2.27. The van der Waals surface area contributed by atoms with E-state index in [0.717, 1.165) is 25.2 Å². The number of benzene rings is 1. The Bertz CT molecular complexity index is 763. The molecule has 0 saturated carbocycles. The van der Waals surface area contributed by atoms with E-state index in [2.05, 4.69) is 22.3 Å². The van der Waals surface area contributed by atoms with Gasteiger partial charge in [-0.3, -0.25) is 14.5 Å². The average molecular weight is 339 g/mol. The lowest BCUT2D eigenvalue weighted by molar-refractivity contribution is -0.121. The van der Waals surface area contributed by atoms with Crippen LogP contribution in [0, 0.1) is 0 Å². The summed E-state index contributed by atoms with van der Waals surface area (Å²) in [5.41, 5.74) is 2.24. The van der Waals surface area contributed by atoms with Crippen LogP contribution in [-0.4, -0.2) is 28.5 Å². The Labute approximate surface area is 148 Å². The van der Waals surface area contributed by atoms with E-state index in [4.69, 9.17) is 0 Å². The Morgan fingerprint density at radius 3 is 2.44 bits per heavy atom. The van der Waals surface area contributed by atoms with Gasteiger partial charge in [-0.2, -0.15) is 0 Å². The van der Waals surface area contributed by atoms with Crippen molar-refractivity contribution >= 4 is 5.91 Å². The zero-order chi connectivity index (χ0) is 17.5. The fourth-order valence-electron chi connectivity index (χ4n) is 3.24. The van der Waals surface area contributed by atoms with Crippen LogP contribution in [0.2, 0.25) is 0 Å². The summed E-state index contributed by atoms with van der Waals surface area (Å²) < 4.78 is 1.41. The molecule has 1 fully saturated rings. The van der Waals surface area contributed by atoms with Gasteiger partial charge in [0.1, 0.15) is 6.54 Å². The van der Waals surface area contributed by atoms with E-state index in [-0.39, 0.29) is 18.0 Å². The molecule has 0 unspecified atom stereocenters. The smallest absolute Gasteiger partial charge is 0.250 e. The second-order valence-corrected chi connectivity index (χ2v) is 6.55. The number of likely N-dealkylation sites (tertiary alicyclic amines) is 1. The van der Waals surface area contributed by atoms with Crippen molar-refractivity contribution < 1.29 is 4.79 Å². The van der Waals surface area contributed by atoms with Crippen LogP contribution in [0.3, 0.4) is 0 Å². The summed E-state index contributed by atoms with van der Waals surface area (Å²) in [7, 11) is 0. The normalized spacial score (nSPS) is 15.0. The number of carbonyl (C=O) groups excluding carboxylic acids is 1. The molecule has 25 heavy (non-hydrogen) atoms. The van der Waals surface area contributed by atoms with E-state index in [1.165, 1.54) is 35.5 Å². The number of nitrogens with one attached hydrogen (secondary N) is 1. The highest BCUT2D eigenvalue weighted by atomic mass is 16.2. The van der Waals surface area contributed by atoms with E-state index >= 15 is 0 Å². The van der Waals surface area contributed by atoms with Gasteiger partial charge in [0.2, 0.25) is 5.91 Å². The van der Waals surface area contributed by atoms with Gasteiger partial charge in [-0.15, -0.1) is 0 Å². The van der Waals surface area contributed by atoms with Crippen molar-refractivity contribution in [2.45, 2.75) is 38.9 Å². The molecule has 1 saturated heterocycles. The molecule has 1 amide bonds. The van der Waals surface area contributed by atoms with Crippen LogP contribution in [0.25, 0.3) is 0 Å². The van der Waals surface area contributed by atoms with Gasteiger partial charge in [-0.1, -0.05) is 36.8 Å². The minimum atomic E-state index is -0.164. The van der Waals surface area contributed by atoms with Crippen LogP contribution in [0.4, 0.5) is 0 Å². The fourth-order valence-corrected chi connectivity index (χ4v) is 3.24. The Morgan fingerprint density at radius 2 is 1.68 bits per heavy atom. The molecular formula is C20H25N3O2. The van der Waals surface area contributed by atoms with Crippen LogP contribution in [0.5, 0.6) is 0 Å². The molecule has 2 heterocycles. The van der Waals surface area contributed by atoms with Crippen molar-refractivity contribution in [2.75, 3.05) is 13.1 Å². The molecule has 0 aliphatic carbocycles. The van der Waals surface area contributed by atoms with E-state index in [1.807, 2.05) is 12.1 Å². The summed E-state index contributed by atoms with van der Waals surface area (Å²) in [6, 6.07) is 13.1. The molecule has 0 bridgehead atoms. The molecule has 5 heteroatoms. The summed E-state index contributed by atoms with van der Waals surface area (Å²) in [5, 5.41) is 2.94. The number of hydrogen-bond donors (Lipinski definition) is 1.